The highest BCUT2D eigenvalue weighted by molar-refractivity contribution is 7.89. The van der Waals surface area contributed by atoms with E-state index < -0.39 is 15.9 Å². The van der Waals surface area contributed by atoms with E-state index in [9.17, 15) is 13.2 Å². The number of nitrogens with one attached hydrogen (secondary N) is 1. The molecule has 0 spiro atoms. The first-order chi connectivity index (χ1) is 14.0. The number of piperidine rings is 1. The largest absolute Gasteiger partial charge is 0.474 e. The lowest BCUT2D eigenvalue weighted by Gasteiger charge is -2.26. The number of hydrogen-bond acceptors (Lipinski definition) is 6. The second-order valence-electron chi connectivity index (χ2n) is 6.64. The third-order valence-corrected chi connectivity index (χ3v) is 6.49. The predicted molar refractivity (Wildman–Crippen MR) is 109 cm³/mol. The molecular weight excluding hydrogens is 394 g/mol. The number of rotatable bonds is 8. The number of amides is 1. The summed E-state index contributed by atoms with van der Waals surface area (Å²) in [6.45, 7) is 1.70. The molecule has 1 N–H and O–H groups in total. The molecule has 0 aliphatic carbocycles. The van der Waals surface area contributed by atoms with Crippen LogP contribution in [0.2, 0.25) is 0 Å². The van der Waals surface area contributed by atoms with Crippen molar-refractivity contribution in [3.05, 3.63) is 48.2 Å². The molecule has 0 radical (unpaired) electrons. The van der Waals surface area contributed by atoms with E-state index in [1.54, 1.807) is 37.6 Å². The van der Waals surface area contributed by atoms with Crippen LogP contribution < -0.4 is 10.1 Å². The van der Waals surface area contributed by atoms with E-state index in [1.165, 1.54) is 16.4 Å². The van der Waals surface area contributed by atoms with Crippen molar-refractivity contribution in [2.75, 3.05) is 38.7 Å². The molecule has 1 fully saturated rings. The SMILES string of the molecule is COCCOc1ncccc1NC(=O)c1cccc(S(=O)(=O)N2CCCCC2)c1. The molecule has 1 aromatic carbocycles. The summed E-state index contributed by atoms with van der Waals surface area (Å²) in [5.41, 5.74) is 0.646. The molecule has 0 bridgehead atoms. The monoisotopic (exact) mass is 419 g/mol. The van der Waals surface area contributed by atoms with Gasteiger partial charge in [0.25, 0.3) is 5.91 Å². The van der Waals surface area contributed by atoms with Gasteiger partial charge in [-0.3, -0.25) is 4.79 Å². The van der Waals surface area contributed by atoms with Crippen LogP contribution in [0, 0.1) is 0 Å². The molecule has 1 aromatic heterocycles. The first-order valence-electron chi connectivity index (χ1n) is 9.50. The number of hydrogen-bond donors (Lipinski definition) is 1. The third kappa shape index (κ3) is 5.31. The van der Waals surface area contributed by atoms with Gasteiger partial charge in [0.2, 0.25) is 15.9 Å². The predicted octanol–water partition coefficient (Wildman–Crippen LogP) is 2.53. The van der Waals surface area contributed by atoms with Crippen molar-refractivity contribution in [2.45, 2.75) is 24.2 Å². The molecule has 2 heterocycles. The van der Waals surface area contributed by atoms with E-state index in [0.717, 1.165) is 19.3 Å². The zero-order chi connectivity index (χ0) is 20.7. The molecule has 8 nitrogen and oxygen atoms in total. The quantitative estimate of drug-likeness (QED) is 0.661. The van der Waals surface area contributed by atoms with Gasteiger partial charge in [0.15, 0.2) is 0 Å². The number of ether oxygens (including phenoxy) is 2. The number of carbonyl (C=O) groups excluding carboxylic acids is 1. The summed E-state index contributed by atoms with van der Waals surface area (Å²) in [5, 5.41) is 2.74. The minimum atomic E-state index is -3.61. The first kappa shape index (κ1) is 21.2. The van der Waals surface area contributed by atoms with Gasteiger partial charge in [-0.05, 0) is 43.2 Å². The molecule has 1 aliphatic heterocycles. The van der Waals surface area contributed by atoms with Crippen LogP contribution >= 0.6 is 0 Å². The van der Waals surface area contributed by atoms with Crippen molar-refractivity contribution in [1.82, 2.24) is 9.29 Å². The molecule has 156 valence electrons. The Morgan fingerprint density at radius 3 is 2.69 bits per heavy atom. The number of aromatic nitrogens is 1. The van der Waals surface area contributed by atoms with Crippen LogP contribution in [0.4, 0.5) is 5.69 Å². The van der Waals surface area contributed by atoms with Gasteiger partial charge < -0.3 is 14.8 Å². The number of methoxy groups -OCH3 is 1. The van der Waals surface area contributed by atoms with Crippen LogP contribution in [0.15, 0.2) is 47.5 Å². The maximum absolute atomic E-state index is 12.9. The molecule has 1 saturated heterocycles. The van der Waals surface area contributed by atoms with Crippen LogP contribution in [0.1, 0.15) is 29.6 Å². The van der Waals surface area contributed by atoms with Crippen LogP contribution in [0.5, 0.6) is 5.88 Å². The zero-order valence-corrected chi connectivity index (χ0v) is 17.2. The van der Waals surface area contributed by atoms with Crippen molar-refractivity contribution < 1.29 is 22.7 Å². The highest BCUT2D eigenvalue weighted by Gasteiger charge is 2.26. The summed E-state index contributed by atoms with van der Waals surface area (Å²) in [7, 11) is -2.05. The van der Waals surface area contributed by atoms with Crippen molar-refractivity contribution in [3.8, 4) is 5.88 Å². The summed E-state index contributed by atoms with van der Waals surface area (Å²) in [5.74, 6) is -0.166. The van der Waals surface area contributed by atoms with E-state index in [1.807, 2.05) is 0 Å². The molecule has 2 aromatic rings. The molecule has 29 heavy (non-hydrogen) atoms. The van der Waals surface area contributed by atoms with Crippen molar-refractivity contribution in [2.24, 2.45) is 0 Å². The van der Waals surface area contributed by atoms with Gasteiger partial charge in [0, 0.05) is 32.0 Å². The Balaban J connectivity index is 1.77. The zero-order valence-electron chi connectivity index (χ0n) is 16.3. The van der Waals surface area contributed by atoms with Gasteiger partial charge in [0.05, 0.1) is 11.5 Å². The minimum absolute atomic E-state index is 0.120. The van der Waals surface area contributed by atoms with Crippen LogP contribution in [0.3, 0.4) is 0 Å². The molecule has 1 aliphatic rings. The molecule has 3 rings (SSSR count). The molecule has 9 heteroatoms. The molecule has 0 unspecified atom stereocenters. The number of sulfonamides is 1. The lowest BCUT2D eigenvalue weighted by atomic mass is 10.2. The standard InChI is InChI=1S/C20H25N3O5S/c1-27-13-14-28-20-18(9-6-10-21-20)22-19(24)16-7-5-8-17(15-16)29(25,26)23-11-3-2-4-12-23/h5-10,15H,2-4,11-14H2,1H3,(H,22,24). The Labute approximate surface area is 170 Å². The smallest absolute Gasteiger partial charge is 0.255 e. The van der Waals surface area contributed by atoms with Crippen LogP contribution in [-0.4, -0.2) is 57.0 Å². The molecule has 0 saturated carbocycles. The fourth-order valence-electron chi connectivity index (χ4n) is 3.07. The maximum atomic E-state index is 12.9. The Kier molecular flexibility index (Phi) is 7.18. The fraction of sp³-hybridized carbons (Fsp3) is 0.400. The highest BCUT2D eigenvalue weighted by atomic mass is 32.2. The van der Waals surface area contributed by atoms with E-state index in [4.69, 9.17) is 9.47 Å². The number of anilines is 1. The normalized spacial score (nSPS) is 15.1. The fourth-order valence-corrected chi connectivity index (χ4v) is 4.63. The van der Waals surface area contributed by atoms with Crippen molar-refractivity contribution in [3.63, 3.8) is 0 Å². The average Bonchev–Trinajstić information content (AvgIpc) is 2.76. The van der Waals surface area contributed by atoms with Crippen molar-refractivity contribution in [1.29, 1.82) is 0 Å². The third-order valence-electron chi connectivity index (χ3n) is 4.59. The van der Waals surface area contributed by atoms with Gasteiger partial charge in [-0.25, -0.2) is 13.4 Å². The van der Waals surface area contributed by atoms with Gasteiger partial charge >= 0.3 is 0 Å². The second kappa shape index (κ2) is 9.82. The van der Waals surface area contributed by atoms with Crippen LogP contribution in [-0.2, 0) is 14.8 Å². The average molecular weight is 420 g/mol. The Bertz CT molecular complexity index is 943. The summed E-state index contributed by atoms with van der Waals surface area (Å²) < 4.78 is 37.7. The first-order valence-corrected chi connectivity index (χ1v) is 10.9. The van der Waals surface area contributed by atoms with Gasteiger partial charge in [-0.1, -0.05) is 12.5 Å². The number of nitrogens with zero attached hydrogens (tertiary/aromatic N) is 2. The molecular formula is C20H25N3O5S. The number of benzene rings is 1. The number of carbonyl (C=O) groups is 1. The summed E-state index contributed by atoms with van der Waals surface area (Å²) in [6.07, 6.45) is 4.30. The van der Waals surface area contributed by atoms with Gasteiger partial charge in [-0.15, -0.1) is 0 Å². The van der Waals surface area contributed by atoms with E-state index in [-0.39, 0.29) is 16.3 Å². The lowest BCUT2D eigenvalue weighted by Crippen LogP contribution is -2.35. The second-order valence-corrected chi connectivity index (χ2v) is 8.58. The molecule has 0 atom stereocenters. The van der Waals surface area contributed by atoms with Gasteiger partial charge in [0.1, 0.15) is 12.3 Å². The summed E-state index contributed by atoms with van der Waals surface area (Å²) in [4.78, 5) is 17.0. The van der Waals surface area contributed by atoms with E-state index >= 15 is 0 Å². The highest BCUT2D eigenvalue weighted by Crippen LogP contribution is 2.24. The summed E-state index contributed by atoms with van der Waals surface area (Å²) in [6, 6.07) is 9.42. The Hall–Kier alpha value is -2.49. The maximum Gasteiger partial charge on any atom is 0.255 e. The Morgan fingerprint density at radius 2 is 1.93 bits per heavy atom. The summed E-state index contributed by atoms with van der Waals surface area (Å²) >= 11 is 0. The van der Waals surface area contributed by atoms with Crippen LogP contribution in [0.25, 0.3) is 0 Å². The van der Waals surface area contributed by atoms with E-state index in [0.29, 0.717) is 32.0 Å². The molecule has 1 amide bonds. The Morgan fingerprint density at radius 1 is 1.14 bits per heavy atom. The minimum Gasteiger partial charge on any atom is -0.474 e. The van der Waals surface area contributed by atoms with E-state index in [2.05, 4.69) is 10.3 Å². The lowest BCUT2D eigenvalue weighted by molar-refractivity contribution is 0.102. The number of pyridine rings is 1. The van der Waals surface area contributed by atoms with Gasteiger partial charge in [-0.2, -0.15) is 4.31 Å². The van der Waals surface area contributed by atoms with Crippen molar-refractivity contribution >= 4 is 21.6 Å². The topological polar surface area (TPSA) is 97.8 Å².